The van der Waals surface area contributed by atoms with Crippen LogP contribution < -0.4 is 0 Å². The first-order valence-electron chi connectivity index (χ1n) is 45.0. The summed E-state index contributed by atoms with van der Waals surface area (Å²) in [7, 11) is -9.93. The predicted molar refractivity (Wildman–Crippen MR) is 437 cm³/mol. The van der Waals surface area contributed by atoms with Gasteiger partial charge in [-0.2, -0.15) is 0 Å². The van der Waals surface area contributed by atoms with Crippen LogP contribution >= 0.6 is 15.6 Å². The summed E-state index contributed by atoms with van der Waals surface area (Å²) in [5.74, 6) is -0.503. The molecule has 106 heavy (non-hydrogen) atoms. The Balaban J connectivity index is 5.23. The standard InChI is InChI=1S/C87H170O17P2/c1-7-10-12-14-16-18-20-22-23-24-25-26-30-33-37-40-44-51-57-63-69-84(89)97-75-82(103-87(92)72-66-60-54-46-42-38-34-31-28-27-29-32-36-39-43-49-55-61-67-79(4)5)77-101-105(93,94)99-73-81(88)74-100-106(95,96)102-78-83(76-98-85(90)70-64-58-52-48-47-50-56-62-68-80(6)9-3)104-86(91)71-65-59-53-45-41-35-21-19-17-15-13-11-8-2/h79-83,88H,7-78H2,1-6H3,(H,93,94)(H,95,96)/t80?,81-,82-,83-/m1/s1. The Morgan fingerprint density at radius 3 is 0.717 bits per heavy atom. The molecule has 0 aliphatic heterocycles. The molecular weight excluding hydrogens is 1380 g/mol. The van der Waals surface area contributed by atoms with Gasteiger partial charge in [0.25, 0.3) is 0 Å². The van der Waals surface area contributed by atoms with Gasteiger partial charge in [0.05, 0.1) is 26.4 Å². The predicted octanol–water partition coefficient (Wildman–Crippen LogP) is 26.6. The molecule has 3 N–H and O–H groups in total. The highest BCUT2D eigenvalue weighted by molar-refractivity contribution is 7.47. The second-order valence-electron chi connectivity index (χ2n) is 32.0. The molecule has 0 heterocycles. The molecule has 0 amide bonds. The molecule has 0 aliphatic carbocycles. The smallest absolute Gasteiger partial charge is 0.462 e. The Hall–Kier alpha value is -1.94. The van der Waals surface area contributed by atoms with E-state index in [-0.39, 0.29) is 25.7 Å². The minimum Gasteiger partial charge on any atom is -0.462 e. The van der Waals surface area contributed by atoms with Crippen LogP contribution in [0.15, 0.2) is 0 Å². The zero-order valence-corrected chi connectivity index (χ0v) is 71.5. The summed E-state index contributed by atoms with van der Waals surface area (Å²) in [4.78, 5) is 73.3. The van der Waals surface area contributed by atoms with Crippen molar-refractivity contribution in [3.63, 3.8) is 0 Å². The highest BCUT2D eigenvalue weighted by Gasteiger charge is 2.30. The van der Waals surface area contributed by atoms with Crippen molar-refractivity contribution in [2.75, 3.05) is 39.6 Å². The molecule has 6 atom stereocenters. The fourth-order valence-corrected chi connectivity index (χ4v) is 15.1. The van der Waals surface area contributed by atoms with Crippen LogP contribution in [0.5, 0.6) is 0 Å². The Morgan fingerprint density at radius 1 is 0.274 bits per heavy atom. The summed E-state index contributed by atoms with van der Waals surface area (Å²) in [6.07, 6.45) is 70.8. The summed E-state index contributed by atoms with van der Waals surface area (Å²) in [5.41, 5.74) is 0. The van der Waals surface area contributed by atoms with E-state index in [0.29, 0.717) is 25.7 Å². The van der Waals surface area contributed by atoms with Crippen LogP contribution in [-0.2, 0) is 65.4 Å². The van der Waals surface area contributed by atoms with Gasteiger partial charge in [-0.3, -0.25) is 37.3 Å². The van der Waals surface area contributed by atoms with Gasteiger partial charge in [-0.25, -0.2) is 9.13 Å². The van der Waals surface area contributed by atoms with Gasteiger partial charge in [0.15, 0.2) is 12.2 Å². The number of hydrogen-bond acceptors (Lipinski definition) is 15. The molecule has 0 spiro atoms. The summed E-state index contributed by atoms with van der Waals surface area (Å²) < 4.78 is 68.9. The van der Waals surface area contributed by atoms with Crippen LogP contribution in [0.4, 0.5) is 0 Å². The van der Waals surface area contributed by atoms with Crippen LogP contribution in [-0.4, -0.2) is 96.7 Å². The summed E-state index contributed by atoms with van der Waals surface area (Å²) >= 11 is 0. The van der Waals surface area contributed by atoms with Crippen LogP contribution in [0.3, 0.4) is 0 Å². The normalized spacial score (nSPS) is 14.1. The monoisotopic (exact) mass is 1550 g/mol. The van der Waals surface area contributed by atoms with Crippen LogP contribution in [0, 0.1) is 11.8 Å². The van der Waals surface area contributed by atoms with Crippen molar-refractivity contribution in [3.8, 4) is 0 Å². The average Bonchev–Trinajstić information content (AvgIpc) is 0.904. The largest absolute Gasteiger partial charge is 0.472 e. The number of carbonyl (C=O) groups excluding carboxylic acids is 4. The maximum Gasteiger partial charge on any atom is 0.472 e. The minimum absolute atomic E-state index is 0.108. The van der Waals surface area contributed by atoms with E-state index in [4.69, 9.17) is 37.0 Å². The van der Waals surface area contributed by atoms with Crippen molar-refractivity contribution >= 4 is 39.5 Å². The first-order chi connectivity index (χ1) is 51.4. The fourth-order valence-electron chi connectivity index (χ4n) is 13.6. The van der Waals surface area contributed by atoms with Gasteiger partial charge in [-0.1, -0.05) is 414 Å². The van der Waals surface area contributed by atoms with Crippen molar-refractivity contribution in [3.05, 3.63) is 0 Å². The number of phosphoric ester groups is 2. The molecular formula is C87H170O17P2. The number of unbranched alkanes of at least 4 members (excludes halogenated alkanes) is 55. The van der Waals surface area contributed by atoms with E-state index >= 15 is 0 Å². The van der Waals surface area contributed by atoms with Gasteiger partial charge < -0.3 is 33.8 Å². The topological polar surface area (TPSA) is 237 Å². The fraction of sp³-hybridized carbons (Fsp3) is 0.954. The number of ether oxygens (including phenoxy) is 4. The first kappa shape index (κ1) is 104. The molecule has 0 saturated heterocycles. The molecule has 0 fully saturated rings. The Morgan fingerprint density at radius 2 is 0.481 bits per heavy atom. The van der Waals surface area contributed by atoms with Gasteiger partial charge in [0.1, 0.15) is 19.3 Å². The van der Waals surface area contributed by atoms with Crippen molar-refractivity contribution in [1.29, 1.82) is 0 Å². The van der Waals surface area contributed by atoms with E-state index in [0.717, 1.165) is 102 Å². The zero-order valence-electron chi connectivity index (χ0n) is 69.7. The lowest BCUT2D eigenvalue weighted by Crippen LogP contribution is -2.30. The van der Waals surface area contributed by atoms with Gasteiger partial charge >= 0.3 is 39.5 Å². The lowest BCUT2D eigenvalue weighted by molar-refractivity contribution is -0.161. The van der Waals surface area contributed by atoms with E-state index < -0.39 is 97.5 Å². The van der Waals surface area contributed by atoms with Crippen LogP contribution in [0.1, 0.15) is 465 Å². The maximum absolute atomic E-state index is 13.2. The molecule has 630 valence electrons. The van der Waals surface area contributed by atoms with E-state index in [1.165, 1.54) is 283 Å². The Kier molecular flexibility index (Phi) is 76.9. The first-order valence-corrected chi connectivity index (χ1v) is 48.0. The van der Waals surface area contributed by atoms with Crippen LogP contribution in [0.2, 0.25) is 0 Å². The molecule has 0 aliphatic rings. The summed E-state index contributed by atoms with van der Waals surface area (Å²) in [6, 6.07) is 0. The highest BCUT2D eigenvalue weighted by atomic mass is 31.2. The van der Waals surface area contributed by atoms with E-state index in [9.17, 15) is 43.2 Å². The number of hydrogen-bond donors (Lipinski definition) is 3. The van der Waals surface area contributed by atoms with Crippen molar-refractivity contribution in [2.45, 2.75) is 484 Å². The maximum atomic E-state index is 13.2. The molecule has 0 bridgehead atoms. The zero-order chi connectivity index (χ0) is 77.8. The van der Waals surface area contributed by atoms with Crippen molar-refractivity contribution < 1.29 is 80.2 Å². The Labute approximate surface area is 651 Å². The van der Waals surface area contributed by atoms with Crippen molar-refractivity contribution in [2.24, 2.45) is 11.8 Å². The third-order valence-corrected chi connectivity index (χ3v) is 22.7. The number of aliphatic hydroxyl groups excluding tert-OH is 1. The molecule has 17 nitrogen and oxygen atoms in total. The molecule has 3 unspecified atom stereocenters. The van der Waals surface area contributed by atoms with Gasteiger partial charge in [0, 0.05) is 25.7 Å². The number of aliphatic hydroxyl groups is 1. The van der Waals surface area contributed by atoms with E-state index in [1.54, 1.807) is 0 Å². The van der Waals surface area contributed by atoms with Gasteiger partial charge in [-0.15, -0.1) is 0 Å². The molecule has 0 aromatic heterocycles. The average molecular weight is 1550 g/mol. The highest BCUT2D eigenvalue weighted by Crippen LogP contribution is 2.45. The number of carbonyl (C=O) groups is 4. The second-order valence-corrected chi connectivity index (χ2v) is 34.9. The van der Waals surface area contributed by atoms with E-state index in [2.05, 4.69) is 41.5 Å². The SMILES string of the molecule is CCCCCCCCCCCCCCCCCCCCCCC(=O)OC[C@H](COP(=O)(O)OC[C@@H](O)COP(=O)(O)OC[C@@H](COC(=O)CCCCCCCCCCC(C)CC)OC(=O)CCCCCCCCCCCCCCC)OC(=O)CCCCCCCCCCCCCCCCCCCCC(C)C. The molecule has 0 saturated carbocycles. The number of rotatable bonds is 86. The van der Waals surface area contributed by atoms with Gasteiger partial charge in [0.2, 0.25) is 0 Å². The third kappa shape index (κ3) is 78.7. The number of phosphoric acid groups is 2. The van der Waals surface area contributed by atoms with E-state index in [1.807, 2.05) is 0 Å². The van der Waals surface area contributed by atoms with Gasteiger partial charge in [-0.05, 0) is 37.5 Å². The molecule has 0 rings (SSSR count). The second kappa shape index (κ2) is 78.3. The molecule has 0 aromatic carbocycles. The lowest BCUT2D eigenvalue weighted by atomic mass is 9.99. The summed E-state index contributed by atoms with van der Waals surface area (Å²) in [5, 5.41) is 10.7. The Bertz CT molecular complexity index is 2030. The minimum atomic E-state index is -4.97. The molecule has 0 radical (unpaired) electrons. The van der Waals surface area contributed by atoms with Crippen LogP contribution in [0.25, 0.3) is 0 Å². The van der Waals surface area contributed by atoms with Crippen molar-refractivity contribution in [1.82, 2.24) is 0 Å². The summed E-state index contributed by atoms with van der Waals surface area (Å²) in [6.45, 7) is 9.71. The lowest BCUT2D eigenvalue weighted by Gasteiger charge is -2.21. The quantitative estimate of drug-likeness (QED) is 0.0222. The third-order valence-electron chi connectivity index (χ3n) is 20.8. The molecule has 19 heteroatoms. The number of esters is 4. The molecule has 0 aromatic rings.